The molecule has 1 amide bonds. The fourth-order valence-electron chi connectivity index (χ4n) is 5.53. The van der Waals surface area contributed by atoms with Gasteiger partial charge in [-0.2, -0.15) is 0 Å². The molecule has 1 aromatic rings. The number of nitrogens with one attached hydrogen (secondary N) is 1. The third kappa shape index (κ3) is 3.72. The predicted molar refractivity (Wildman–Crippen MR) is 102 cm³/mol. The lowest BCUT2D eigenvalue weighted by molar-refractivity contribution is -0.126. The first-order valence-corrected chi connectivity index (χ1v) is 10.4. The summed E-state index contributed by atoms with van der Waals surface area (Å²) in [5.41, 5.74) is 1.37. The maximum Gasteiger partial charge on any atom is 0.221 e. The Balaban J connectivity index is 1.22. The zero-order chi connectivity index (χ0) is 16.4. The normalized spacial score (nSPS) is 33.9. The Labute approximate surface area is 149 Å². The van der Waals surface area contributed by atoms with Gasteiger partial charge in [0.15, 0.2) is 0 Å². The van der Waals surface area contributed by atoms with Crippen molar-refractivity contribution in [2.75, 3.05) is 5.75 Å². The Morgan fingerprint density at radius 2 is 1.71 bits per heavy atom. The van der Waals surface area contributed by atoms with Gasteiger partial charge in [-0.25, -0.2) is 0 Å². The van der Waals surface area contributed by atoms with Crippen LogP contribution in [-0.2, 0) is 4.79 Å². The Morgan fingerprint density at radius 3 is 2.33 bits per heavy atom. The molecule has 0 spiro atoms. The van der Waals surface area contributed by atoms with Gasteiger partial charge in [0.05, 0.1) is 0 Å². The molecule has 1 aromatic carbocycles. The maximum absolute atomic E-state index is 12.4. The van der Waals surface area contributed by atoms with Gasteiger partial charge in [0.2, 0.25) is 5.91 Å². The first kappa shape index (κ1) is 16.3. The van der Waals surface area contributed by atoms with Gasteiger partial charge in [-0.3, -0.25) is 4.79 Å². The van der Waals surface area contributed by atoms with E-state index in [1.165, 1.54) is 44.1 Å². The van der Waals surface area contributed by atoms with Crippen molar-refractivity contribution >= 4 is 23.7 Å². The number of thioether (sulfide) groups is 1. The standard InChI is InChI=1S/C21H27NOS/c23-20(7-9-24-8-6-16-4-2-1-3-5-16)22-21-13-17-10-18(14-21)12-19(11-17)15-21/h1-6,8,17-19H,7,9-15H2,(H,22,23)/b8-6-. The van der Waals surface area contributed by atoms with E-state index >= 15 is 0 Å². The molecule has 5 rings (SSSR count). The zero-order valence-corrected chi connectivity index (χ0v) is 15.1. The van der Waals surface area contributed by atoms with Crippen molar-refractivity contribution in [3.8, 4) is 0 Å². The van der Waals surface area contributed by atoms with Crippen molar-refractivity contribution in [3.05, 3.63) is 41.3 Å². The summed E-state index contributed by atoms with van der Waals surface area (Å²) in [6.07, 6.45) is 10.7. The van der Waals surface area contributed by atoms with Crippen molar-refractivity contribution in [3.63, 3.8) is 0 Å². The molecule has 4 aliphatic carbocycles. The number of rotatable bonds is 6. The summed E-state index contributed by atoms with van der Waals surface area (Å²) in [5.74, 6) is 3.79. The molecule has 0 radical (unpaired) electrons. The van der Waals surface area contributed by atoms with E-state index in [0.717, 1.165) is 23.5 Å². The number of hydrogen-bond acceptors (Lipinski definition) is 2. The lowest BCUT2D eigenvalue weighted by Crippen LogP contribution is -2.59. The quantitative estimate of drug-likeness (QED) is 0.748. The van der Waals surface area contributed by atoms with Gasteiger partial charge >= 0.3 is 0 Å². The molecule has 2 nitrogen and oxygen atoms in total. The van der Waals surface area contributed by atoms with Crippen molar-refractivity contribution < 1.29 is 4.79 Å². The number of hydrogen-bond donors (Lipinski definition) is 1. The highest BCUT2D eigenvalue weighted by Gasteiger charge is 2.51. The maximum atomic E-state index is 12.4. The molecule has 1 N–H and O–H groups in total. The SMILES string of the molecule is O=C(CCS/C=C\c1ccccc1)NC12CC3CC(CC(C3)C1)C2. The van der Waals surface area contributed by atoms with Crippen LogP contribution in [0.4, 0.5) is 0 Å². The van der Waals surface area contributed by atoms with Crippen LogP contribution in [0.1, 0.15) is 50.5 Å². The highest BCUT2D eigenvalue weighted by Crippen LogP contribution is 2.55. The summed E-state index contributed by atoms with van der Waals surface area (Å²) in [4.78, 5) is 12.4. The van der Waals surface area contributed by atoms with E-state index in [0.29, 0.717) is 6.42 Å². The Hall–Kier alpha value is -1.22. The number of carbonyl (C=O) groups excluding carboxylic acids is 1. The monoisotopic (exact) mass is 341 g/mol. The molecule has 24 heavy (non-hydrogen) atoms. The summed E-state index contributed by atoms with van der Waals surface area (Å²) in [5, 5.41) is 5.56. The summed E-state index contributed by atoms with van der Waals surface area (Å²) in [6, 6.07) is 10.3. The molecule has 0 heterocycles. The minimum absolute atomic E-state index is 0.163. The van der Waals surface area contributed by atoms with E-state index < -0.39 is 0 Å². The Morgan fingerprint density at radius 1 is 1.08 bits per heavy atom. The third-order valence-corrected chi connectivity index (χ3v) is 6.81. The highest BCUT2D eigenvalue weighted by molar-refractivity contribution is 8.02. The van der Waals surface area contributed by atoms with Crippen molar-refractivity contribution in [2.24, 2.45) is 17.8 Å². The molecule has 0 aromatic heterocycles. The van der Waals surface area contributed by atoms with Gasteiger partial charge in [-0.1, -0.05) is 30.3 Å². The molecule has 4 saturated carbocycles. The van der Waals surface area contributed by atoms with Gasteiger partial charge < -0.3 is 5.32 Å². The second-order valence-electron chi connectivity index (χ2n) is 8.08. The van der Waals surface area contributed by atoms with Crippen LogP contribution in [0, 0.1) is 17.8 Å². The van der Waals surface area contributed by atoms with Crippen LogP contribution < -0.4 is 5.32 Å². The van der Waals surface area contributed by atoms with Crippen LogP contribution in [0.15, 0.2) is 35.7 Å². The lowest BCUT2D eigenvalue weighted by Gasteiger charge is -2.56. The summed E-state index contributed by atoms with van der Waals surface area (Å²) < 4.78 is 0. The van der Waals surface area contributed by atoms with Gasteiger partial charge in [0, 0.05) is 17.7 Å². The third-order valence-electron chi connectivity index (χ3n) is 6.05. The first-order chi connectivity index (χ1) is 11.7. The second kappa shape index (κ2) is 6.95. The van der Waals surface area contributed by atoms with E-state index in [1.807, 2.05) is 18.2 Å². The fraction of sp³-hybridized carbons (Fsp3) is 0.571. The van der Waals surface area contributed by atoms with E-state index in [2.05, 4.69) is 28.9 Å². The first-order valence-electron chi connectivity index (χ1n) is 9.35. The van der Waals surface area contributed by atoms with Crippen LogP contribution in [0.25, 0.3) is 6.08 Å². The van der Waals surface area contributed by atoms with Gasteiger partial charge in [0.1, 0.15) is 0 Å². The molecular weight excluding hydrogens is 314 g/mol. The average Bonchev–Trinajstić information content (AvgIpc) is 2.53. The molecule has 128 valence electrons. The summed E-state index contributed by atoms with van der Waals surface area (Å²) in [7, 11) is 0. The van der Waals surface area contributed by atoms with E-state index in [4.69, 9.17) is 0 Å². The fourth-order valence-corrected chi connectivity index (χ4v) is 6.23. The molecule has 0 aliphatic heterocycles. The second-order valence-corrected chi connectivity index (χ2v) is 9.09. The van der Waals surface area contributed by atoms with E-state index in [1.54, 1.807) is 11.8 Å². The molecular formula is C21H27NOS. The average molecular weight is 342 g/mol. The van der Waals surface area contributed by atoms with Crippen LogP contribution in [0.5, 0.6) is 0 Å². The molecule has 4 aliphatic rings. The van der Waals surface area contributed by atoms with Crippen molar-refractivity contribution in [1.82, 2.24) is 5.32 Å². The summed E-state index contributed by atoms with van der Waals surface area (Å²) in [6.45, 7) is 0. The van der Waals surface area contributed by atoms with Gasteiger partial charge in [-0.15, -0.1) is 11.8 Å². The van der Waals surface area contributed by atoms with E-state index in [-0.39, 0.29) is 11.4 Å². The highest BCUT2D eigenvalue weighted by atomic mass is 32.2. The predicted octanol–water partition coefficient (Wildman–Crippen LogP) is 4.87. The molecule has 3 heteroatoms. The topological polar surface area (TPSA) is 29.1 Å². The minimum Gasteiger partial charge on any atom is -0.351 e. The van der Waals surface area contributed by atoms with Gasteiger partial charge in [0.25, 0.3) is 0 Å². The zero-order valence-electron chi connectivity index (χ0n) is 14.2. The number of carbonyl (C=O) groups is 1. The largest absolute Gasteiger partial charge is 0.351 e. The Bertz CT molecular complexity index is 574. The molecule has 0 saturated heterocycles. The van der Waals surface area contributed by atoms with Crippen LogP contribution in [0.3, 0.4) is 0 Å². The molecule has 4 fully saturated rings. The number of benzene rings is 1. The molecule has 0 unspecified atom stereocenters. The smallest absolute Gasteiger partial charge is 0.221 e. The molecule has 4 bridgehead atoms. The lowest BCUT2D eigenvalue weighted by atomic mass is 9.53. The minimum atomic E-state index is 0.163. The summed E-state index contributed by atoms with van der Waals surface area (Å²) >= 11 is 1.73. The van der Waals surface area contributed by atoms with Crippen molar-refractivity contribution in [1.29, 1.82) is 0 Å². The van der Waals surface area contributed by atoms with Gasteiger partial charge in [-0.05, 0) is 73.3 Å². The molecule has 0 atom stereocenters. The number of amides is 1. The van der Waals surface area contributed by atoms with E-state index in [9.17, 15) is 4.79 Å². The van der Waals surface area contributed by atoms with Crippen molar-refractivity contribution in [2.45, 2.75) is 50.5 Å². The van der Waals surface area contributed by atoms with Crippen LogP contribution >= 0.6 is 11.8 Å². The van der Waals surface area contributed by atoms with Crippen LogP contribution in [0.2, 0.25) is 0 Å². The Kier molecular flexibility index (Phi) is 4.71. The van der Waals surface area contributed by atoms with Crippen LogP contribution in [-0.4, -0.2) is 17.2 Å².